The van der Waals surface area contributed by atoms with Crippen molar-refractivity contribution in [1.29, 1.82) is 10.5 Å². The molecule has 0 saturated heterocycles. The van der Waals surface area contributed by atoms with Crippen molar-refractivity contribution in [3.8, 4) is 17.1 Å². The summed E-state index contributed by atoms with van der Waals surface area (Å²) in [5.74, 6) is -0.410. The van der Waals surface area contributed by atoms with Crippen LogP contribution in [-0.4, -0.2) is 4.57 Å². The molecular weight excluding hydrogens is 381 g/mol. The normalized spacial score (nSPS) is 13.6. The zero-order valence-electron chi connectivity index (χ0n) is 16.4. The molecule has 0 aliphatic heterocycles. The Bertz CT molecular complexity index is 1210. The zero-order valence-corrected chi connectivity index (χ0v) is 17.2. The maximum Gasteiger partial charge on any atom is 0.131 e. The minimum absolute atomic E-state index is 0.286. The molecule has 0 spiro atoms. The van der Waals surface area contributed by atoms with Gasteiger partial charge in [0.25, 0.3) is 0 Å². The largest absolute Gasteiger partial charge is 0.308 e. The van der Waals surface area contributed by atoms with Gasteiger partial charge in [-0.15, -0.1) is 11.3 Å². The Hall–Kier alpha value is -3.15. The minimum atomic E-state index is -0.410. The van der Waals surface area contributed by atoms with Gasteiger partial charge in [-0.2, -0.15) is 10.5 Å². The predicted molar refractivity (Wildman–Crippen MR) is 114 cm³/mol. The lowest BCUT2D eigenvalue weighted by molar-refractivity contribution is 0.624. The highest BCUT2D eigenvalue weighted by molar-refractivity contribution is 7.15. The van der Waals surface area contributed by atoms with Crippen LogP contribution in [0.1, 0.15) is 51.4 Å². The number of hydrogen-bond acceptors (Lipinski definition) is 3. The average Bonchev–Trinajstić information content (AvgIpc) is 3.22. The SMILES string of the molecule is Cc1cc(C=C(C#N)c2ccccc2F)c(C)n1-c1sc2c(c1C#N)CCCC2. The van der Waals surface area contributed by atoms with Gasteiger partial charge in [0, 0.05) is 21.8 Å². The first-order valence-corrected chi connectivity index (χ1v) is 10.5. The van der Waals surface area contributed by atoms with E-state index in [1.54, 1.807) is 35.6 Å². The Balaban J connectivity index is 1.85. The second-order valence-electron chi connectivity index (χ2n) is 7.31. The van der Waals surface area contributed by atoms with Crippen LogP contribution in [-0.2, 0) is 12.8 Å². The summed E-state index contributed by atoms with van der Waals surface area (Å²) < 4.78 is 16.3. The van der Waals surface area contributed by atoms with Gasteiger partial charge in [-0.25, -0.2) is 4.39 Å². The minimum Gasteiger partial charge on any atom is -0.308 e. The van der Waals surface area contributed by atoms with E-state index in [1.807, 2.05) is 19.9 Å². The molecule has 4 rings (SSSR count). The van der Waals surface area contributed by atoms with E-state index in [9.17, 15) is 14.9 Å². The summed E-state index contributed by atoms with van der Waals surface area (Å²) in [6.07, 6.45) is 6.03. The molecule has 0 unspecified atom stereocenters. The number of rotatable bonds is 3. The van der Waals surface area contributed by atoms with Crippen LogP contribution in [0.3, 0.4) is 0 Å². The summed E-state index contributed by atoms with van der Waals surface area (Å²) in [5.41, 5.74) is 5.36. The molecule has 0 N–H and O–H groups in total. The number of nitrogens with zero attached hydrogens (tertiary/aromatic N) is 3. The molecule has 1 aliphatic rings. The maximum atomic E-state index is 14.2. The lowest BCUT2D eigenvalue weighted by atomic mass is 9.96. The number of benzene rings is 1. The van der Waals surface area contributed by atoms with Crippen molar-refractivity contribution in [2.24, 2.45) is 0 Å². The first-order chi connectivity index (χ1) is 14.0. The summed E-state index contributed by atoms with van der Waals surface area (Å²) in [6, 6.07) is 12.9. The van der Waals surface area contributed by atoms with Crippen molar-refractivity contribution in [2.75, 3.05) is 0 Å². The number of hydrogen-bond donors (Lipinski definition) is 0. The van der Waals surface area contributed by atoms with Gasteiger partial charge in [0.15, 0.2) is 0 Å². The van der Waals surface area contributed by atoms with E-state index in [-0.39, 0.29) is 5.57 Å². The Morgan fingerprint density at radius 1 is 1.17 bits per heavy atom. The summed E-state index contributed by atoms with van der Waals surface area (Å²) in [5, 5.41) is 20.4. The molecule has 0 bridgehead atoms. The van der Waals surface area contributed by atoms with E-state index in [1.165, 1.54) is 22.9 Å². The van der Waals surface area contributed by atoms with Gasteiger partial charge in [0.05, 0.1) is 17.2 Å². The topological polar surface area (TPSA) is 52.5 Å². The molecule has 2 aromatic heterocycles. The third-order valence-electron chi connectivity index (χ3n) is 5.52. The molecule has 0 atom stereocenters. The molecule has 144 valence electrons. The number of allylic oxidation sites excluding steroid dienone is 1. The molecule has 0 fully saturated rings. The Labute approximate surface area is 174 Å². The molecule has 5 heteroatoms. The van der Waals surface area contributed by atoms with Gasteiger partial charge in [0.2, 0.25) is 0 Å². The van der Waals surface area contributed by atoms with Crippen LogP contribution in [0.2, 0.25) is 0 Å². The van der Waals surface area contributed by atoms with Crippen molar-refractivity contribution in [3.63, 3.8) is 0 Å². The van der Waals surface area contributed by atoms with Crippen LogP contribution in [0.5, 0.6) is 0 Å². The van der Waals surface area contributed by atoms with Gasteiger partial charge in [-0.3, -0.25) is 0 Å². The highest BCUT2D eigenvalue weighted by atomic mass is 32.1. The fourth-order valence-electron chi connectivity index (χ4n) is 4.08. The van der Waals surface area contributed by atoms with Gasteiger partial charge >= 0.3 is 0 Å². The number of aromatic nitrogens is 1. The monoisotopic (exact) mass is 401 g/mol. The number of thiophene rings is 1. The fraction of sp³-hybridized carbons (Fsp3) is 0.250. The standard InChI is InChI=1S/C24H20FN3S/c1-15-11-17(12-18(13-26)19-7-3-5-9-22(19)25)16(2)28(15)24-21(14-27)20-8-4-6-10-23(20)29-24/h3,5,7,9,11-12H,4,6,8,10H2,1-2H3. The van der Waals surface area contributed by atoms with Gasteiger partial charge < -0.3 is 4.57 Å². The zero-order chi connectivity index (χ0) is 20.5. The first-order valence-electron chi connectivity index (χ1n) is 9.65. The third kappa shape index (κ3) is 3.28. The summed E-state index contributed by atoms with van der Waals surface area (Å²) in [6.45, 7) is 3.98. The van der Waals surface area contributed by atoms with Crippen LogP contribution in [0, 0.1) is 42.3 Å². The van der Waals surface area contributed by atoms with Gasteiger partial charge in [0.1, 0.15) is 16.9 Å². The first kappa shape index (κ1) is 19.2. The van der Waals surface area contributed by atoms with Gasteiger partial charge in [-0.05, 0) is 68.9 Å². The fourth-order valence-corrected chi connectivity index (χ4v) is 5.53. The highest BCUT2D eigenvalue weighted by Crippen LogP contribution is 2.38. The van der Waals surface area contributed by atoms with Crippen LogP contribution in [0.15, 0.2) is 30.3 Å². The maximum absolute atomic E-state index is 14.2. The molecule has 0 amide bonds. The Kier molecular flexibility index (Phi) is 5.09. The second kappa shape index (κ2) is 7.70. The van der Waals surface area contributed by atoms with Crippen LogP contribution >= 0.6 is 11.3 Å². The Morgan fingerprint density at radius 2 is 1.93 bits per heavy atom. The third-order valence-corrected chi connectivity index (χ3v) is 6.80. The lowest BCUT2D eigenvalue weighted by Crippen LogP contribution is -2.02. The van der Waals surface area contributed by atoms with Crippen LogP contribution in [0.25, 0.3) is 16.7 Å². The molecular formula is C24H20FN3S. The second-order valence-corrected chi connectivity index (χ2v) is 8.40. The number of halogens is 1. The number of aryl methyl sites for hydroxylation is 2. The van der Waals surface area contributed by atoms with E-state index < -0.39 is 5.82 Å². The highest BCUT2D eigenvalue weighted by Gasteiger charge is 2.23. The summed E-state index contributed by atoms with van der Waals surface area (Å²) in [7, 11) is 0. The number of fused-ring (bicyclic) bond motifs is 1. The van der Waals surface area contributed by atoms with E-state index in [2.05, 4.69) is 16.7 Å². The van der Waals surface area contributed by atoms with E-state index in [4.69, 9.17) is 0 Å². The predicted octanol–water partition coefficient (Wildman–Crippen LogP) is 6.11. The summed E-state index contributed by atoms with van der Waals surface area (Å²) in [4.78, 5) is 1.32. The van der Waals surface area contributed by atoms with Crippen molar-refractivity contribution in [1.82, 2.24) is 4.57 Å². The molecule has 1 aromatic carbocycles. The average molecular weight is 402 g/mol. The van der Waals surface area contributed by atoms with Crippen molar-refractivity contribution < 1.29 is 4.39 Å². The molecule has 1 aliphatic carbocycles. The van der Waals surface area contributed by atoms with E-state index in [0.29, 0.717) is 5.56 Å². The molecule has 29 heavy (non-hydrogen) atoms. The smallest absolute Gasteiger partial charge is 0.131 e. The number of nitriles is 2. The molecule has 2 heterocycles. The quantitative estimate of drug-likeness (QED) is 0.497. The Morgan fingerprint density at radius 3 is 2.66 bits per heavy atom. The van der Waals surface area contributed by atoms with Crippen LogP contribution in [0.4, 0.5) is 4.39 Å². The van der Waals surface area contributed by atoms with Crippen molar-refractivity contribution >= 4 is 23.0 Å². The van der Waals surface area contributed by atoms with Gasteiger partial charge in [-0.1, -0.05) is 18.2 Å². The molecule has 3 aromatic rings. The van der Waals surface area contributed by atoms with E-state index >= 15 is 0 Å². The van der Waals surface area contributed by atoms with Crippen molar-refractivity contribution in [3.05, 3.63) is 74.7 Å². The van der Waals surface area contributed by atoms with E-state index in [0.717, 1.165) is 46.8 Å². The molecule has 0 radical (unpaired) electrons. The molecule has 0 saturated carbocycles. The van der Waals surface area contributed by atoms with Crippen LogP contribution < -0.4 is 0 Å². The summed E-state index contributed by atoms with van der Waals surface area (Å²) >= 11 is 1.70. The lowest BCUT2D eigenvalue weighted by Gasteiger charge is -2.10. The van der Waals surface area contributed by atoms with Crippen molar-refractivity contribution in [2.45, 2.75) is 39.5 Å². The molecule has 3 nitrogen and oxygen atoms in total.